The van der Waals surface area contributed by atoms with E-state index in [9.17, 15) is 5.11 Å². The standard InChI is InChI=1S/C18H24N6O/c1-20-24-18(23-12-14-6-5-9-21-11-14)10-17(19)22-13-16(25)15-7-3-2-4-8-15/h2-11,16,20,23-25H,12-13H2,1H3,(H2,19,22)/b18-10-. The van der Waals surface area contributed by atoms with Crippen molar-refractivity contribution in [1.82, 2.24) is 21.2 Å². The summed E-state index contributed by atoms with van der Waals surface area (Å²) < 4.78 is 0. The molecule has 0 spiro atoms. The molecule has 0 saturated heterocycles. The predicted molar refractivity (Wildman–Crippen MR) is 99.2 cm³/mol. The van der Waals surface area contributed by atoms with Crippen LogP contribution in [0.15, 0.2) is 71.7 Å². The molecule has 7 heteroatoms. The van der Waals surface area contributed by atoms with Gasteiger partial charge in [0.25, 0.3) is 0 Å². The molecule has 0 fully saturated rings. The first-order chi connectivity index (χ1) is 12.2. The molecule has 1 unspecified atom stereocenters. The van der Waals surface area contributed by atoms with E-state index in [1.165, 1.54) is 0 Å². The Hall–Kier alpha value is -2.90. The van der Waals surface area contributed by atoms with Crippen LogP contribution in [0.25, 0.3) is 0 Å². The molecule has 7 nitrogen and oxygen atoms in total. The summed E-state index contributed by atoms with van der Waals surface area (Å²) in [7, 11) is 1.76. The van der Waals surface area contributed by atoms with Crippen molar-refractivity contribution in [2.45, 2.75) is 12.6 Å². The third-order valence-corrected chi connectivity index (χ3v) is 3.39. The number of aliphatic imine (C=N–C) groups is 1. The molecule has 0 radical (unpaired) electrons. The fourth-order valence-corrected chi connectivity index (χ4v) is 2.13. The number of hydrogen-bond donors (Lipinski definition) is 5. The quantitative estimate of drug-likeness (QED) is 0.263. The van der Waals surface area contributed by atoms with E-state index < -0.39 is 6.10 Å². The number of aromatic nitrogens is 1. The Morgan fingerprint density at radius 3 is 2.76 bits per heavy atom. The van der Waals surface area contributed by atoms with Crippen molar-refractivity contribution in [2.75, 3.05) is 13.6 Å². The largest absolute Gasteiger partial charge is 0.386 e. The summed E-state index contributed by atoms with van der Waals surface area (Å²) in [6, 6.07) is 13.2. The maximum absolute atomic E-state index is 10.1. The summed E-state index contributed by atoms with van der Waals surface area (Å²) in [6.45, 7) is 0.788. The highest BCUT2D eigenvalue weighted by atomic mass is 16.3. The number of hydrogen-bond acceptors (Lipinski definition) is 6. The molecule has 0 saturated carbocycles. The first-order valence-electron chi connectivity index (χ1n) is 7.99. The van der Waals surface area contributed by atoms with Crippen LogP contribution < -0.4 is 21.9 Å². The first-order valence-corrected chi connectivity index (χ1v) is 7.99. The second-order valence-corrected chi connectivity index (χ2v) is 5.34. The summed E-state index contributed by atoms with van der Waals surface area (Å²) in [5.74, 6) is 0.980. The van der Waals surface area contributed by atoms with Gasteiger partial charge in [-0.05, 0) is 17.2 Å². The third-order valence-electron chi connectivity index (χ3n) is 3.39. The van der Waals surface area contributed by atoms with Gasteiger partial charge in [-0.25, -0.2) is 5.43 Å². The number of hydrazine groups is 1. The number of aliphatic hydroxyl groups is 1. The van der Waals surface area contributed by atoms with Gasteiger partial charge < -0.3 is 21.6 Å². The number of rotatable bonds is 9. The zero-order valence-electron chi connectivity index (χ0n) is 14.2. The predicted octanol–water partition coefficient (Wildman–Crippen LogP) is 0.827. The van der Waals surface area contributed by atoms with Crippen LogP contribution in [0.3, 0.4) is 0 Å². The van der Waals surface area contributed by atoms with Gasteiger partial charge in [0.2, 0.25) is 0 Å². The Morgan fingerprint density at radius 1 is 1.28 bits per heavy atom. The molecule has 0 bridgehead atoms. The van der Waals surface area contributed by atoms with Crippen molar-refractivity contribution < 1.29 is 5.11 Å². The number of nitrogens with one attached hydrogen (secondary N) is 3. The Balaban J connectivity index is 1.95. The monoisotopic (exact) mass is 340 g/mol. The van der Waals surface area contributed by atoms with Crippen LogP contribution >= 0.6 is 0 Å². The van der Waals surface area contributed by atoms with Gasteiger partial charge in [0.15, 0.2) is 0 Å². The number of nitrogens with two attached hydrogens (primary N) is 1. The van der Waals surface area contributed by atoms with E-state index in [1.807, 2.05) is 42.5 Å². The lowest BCUT2D eigenvalue weighted by atomic mass is 10.1. The molecule has 6 N–H and O–H groups in total. The van der Waals surface area contributed by atoms with E-state index >= 15 is 0 Å². The Morgan fingerprint density at radius 2 is 2.08 bits per heavy atom. The third kappa shape index (κ3) is 6.62. The highest BCUT2D eigenvalue weighted by Gasteiger charge is 2.05. The number of nitrogens with zero attached hydrogens (tertiary/aromatic N) is 2. The molecule has 2 rings (SSSR count). The maximum atomic E-state index is 10.1. The van der Waals surface area contributed by atoms with Gasteiger partial charge in [0.05, 0.1) is 12.6 Å². The van der Waals surface area contributed by atoms with E-state index in [2.05, 4.69) is 26.1 Å². The van der Waals surface area contributed by atoms with Gasteiger partial charge in [-0.1, -0.05) is 36.4 Å². The molecule has 1 atom stereocenters. The van der Waals surface area contributed by atoms with Crippen molar-refractivity contribution in [3.63, 3.8) is 0 Å². The van der Waals surface area contributed by atoms with E-state index in [4.69, 9.17) is 5.73 Å². The second-order valence-electron chi connectivity index (χ2n) is 5.34. The zero-order chi connectivity index (χ0) is 17.9. The number of aliphatic hydroxyl groups excluding tert-OH is 1. The molecular weight excluding hydrogens is 316 g/mol. The summed E-state index contributed by atoms with van der Waals surface area (Å²) in [6.07, 6.45) is 4.51. The summed E-state index contributed by atoms with van der Waals surface area (Å²) in [4.78, 5) is 8.30. The SMILES string of the molecule is CNN/C(=C\C(N)=NCC(O)c1ccccc1)NCc1cccnc1. The van der Waals surface area contributed by atoms with Crippen molar-refractivity contribution in [3.05, 3.63) is 77.9 Å². The molecule has 1 heterocycles. The maximum Gasteiger partial charge on any atom is 0.121 e. The molecule has 0 aliphatic heterocycles. The summed E-state index contributed by atoms with van der Waals surface area (Å²) >= 11 is 0. The molecule has 0 aliphatic rings. The molecular formula is C18H24N6O. The molecule has 0 aliphatic carbocycles. The molecule has 1 aromatic carbocycles. The molecule has 132 valence electrons. The zero-order valence-corrected chi connectivity index (χ0v) is 14.2. The van der Waals surface area contributed by atoms with Crippen LogP contribution in [0.4, 0.5) is 0 Å². The lowest BCUT2D eigenvalue weighted by Crippen LogP contribution is -2.35. The fraction of sp³-hybridized carbons (Fsp3) is 0.222. The second kappa shape index (κ2) is 10.1. The van der Waals surface area contributed by atoms with E-state index in [0.717, 1.165) is 11.1 Å². The van der Waals surface area contributed by atoms with Crippen LogP contribution in [0, 0.1) is 0 Å². The average molecular weight is 340 g/mol. The van der Waals surface area contributed by atoms with Crippen LogP contribution in [0.5, 0.6) is 0 Å². The van der Waals surface area contributed by atoms with E-state index in [0.29, 0.717) is 18.2 Å². The minimum Gasteiger partial charge on any atom is -0.386 e. The van der Waals surface area contributed by atoms with Gasteiger partial charge in [0.1, 0.15) is 11.7 Å². The van der Waals surface area contributed by atoms with E-state index in [1.54, 1.807) is 25.5 Å². The minimum atomic E-state index is -0.683. The van der Waals surface area contributed by atoms with Crippen LogP contribution in [-0.4, -0.2) is 29.5 Å². The van der Waals surface area contributed by atoms with Crippen LogP contribution in [0.2, 0.25) is 0 Å². The lowest BCUT2D eigenvalue weighted by molar-refractivity contribution is 0.187. The molecule has 1 aromatic heterocycles. The Bertz CT molecular complexity index is 687. The molecule has 0 amide bonds. The first kappa shape index (κ1) is 18.4. The minimum absolute atomic E-state index is 0.196. The Kier molecular flexibility index (Phi) is 7.42. The van der Waals surface area contributed by atoms with E-state index in [-0.39, 0.29) is 6.54 Å². The van der Waals surface area contributed by atoms with Gasteiger partial charge in [-0.2, -0.15) is 0 Å². The summed E-state index contributed by atoms with van der Waals surface area (Å²) in [5.41, 5.74) is 13.6. The highest BCUT2D eigenvalue weighted by Crippen LogP contribution is 2.11. The summed E-state index contributed by atoms with van der Waals surface area (Å²) in [5, 5.41) is 13.3. The lowest BCUT2D eigenvalue weighted by Gasteiger charge is -2.13. The Labute approximate surface area is 147 Å². The van der Waals surface area contributed by atoms with Gasteiger partial charge in [-0.3, -0.25) is 9.98 Å². The van der Waals surface area contributed by atoms with Crippen molar-refractivity contribution in [1.29, 1.82) is 0 Å². The fourth-order valence-electron chi connectivity index (χ4n) is 2.13. The van der Waals surface area contributed by atoms with Crippen molar-refractivity contribution in [3.8, 4) is 0 Å². The van der Waals surface area contributed by atoms with Gasteiger partial charge >= 0.3 is 0 Å². The highest BCUT2D eigenvalue weighted by molar-refractivity contribution is 5.91. The van der Waals surface area contributed by atoms with Gasteiger partial charge in [0, 0.05) is 32.1 Å². The topological polar surface area (TPSA) is 108 Å². The van der Waals surface area contributed by atoms with Gasteiger partial charge in [-0.15, -0.1) is 0 Å². The normalized spacial score (nSPS) is 13.4. The van der Waals surface area contributed by atoms with Crippen molar-refractivity contribution >= 4 is 5.84 Å². The molecule has 25 heavy (non-hydrogen) atoms. The van der Waals surface area contributed by atoms with Crippen molar-refractivity contribution in [2.24, 2.45) is 10.7 Å². The average Bonchev–Trinajstić information content (AvgIpc) is 2.66. The number of benzene rings is 1. The molecule has 2 aromatic rings. The van der Waals surface area contributed by atoms with Crippen LogP contribution in [-0.2, 0) is 6.54 Å². The number of pyridine rings is 1. The number of amidine groups is 1. The smallest absolute Gasteiger partial charge is 0.121 e. The van der Waals surface area contributed by atoms with Crippen LogP contribution in [0.1, 0.15) is 17.2 Å².